The third-order valence-corrected chi connectivity index (χ3v) is 5.72. The Morgan fingerprint density at radius 2 is 1.56 bits per heavy atom. The fraction of sp³-hybridized carbons (Fsp3) is 1.00. The Morgan fingerprint density at radius 3 is 1.88 bits per heavy atom. The lowest BCUT2D eigenvalue weighted by molar-refractivity contribution is 0.00410. The van der Waals surface area contributed by atoms with Crippen LogP contribution in [0, 0.1) is 17.3 Å². The largest absolute Gasteiger partial charge is 0.330 e. The minimum Gasteiger partial charge on any atom is -0.330 e. The number of hydrogen-bond acceptors (Lipinski definition) is 2. The highest BCUT2D eigenvalue weighted by molar-refractivity contribution is 7.51. The predicted octanol–water partition coefficient (Wildman–Crippen LogP) is 1.71. The molecule has 2 bridgehead atoms. The van der Waals surface area contributed by atoms with Gasteiger partial charge in [0.15, 0.2) is 0 Å². The zero-order valence-electron chi connectivity index (χ0n) is 9.64. The fourth-order valence-corrected chi connectivity index (χ4v) is 5.45. The predicted molar refractivity (Wildman–Crippen MR) is 63.1 cm³/mol. The lowest BCUT2D eigenvalue weighted by Crippen LogP contribution is -2.51. The Bertz CT molecular complexity index is 280. The van der Waals surface area contributed by atoms with Gasteiger partial charge in [-0.25, -0.2) is 0 Å². The van der Waals surface area contributed by atoms with Crippen molar-refractivity contribution >= 4 is 7.60 Å². The summed E-state index contributed by atoms with van der Waals surface area (Å²) in [4.78, 5) is 18.6. The second kappa shape index (κ2) is 4.41. The Morgan fingerprint density at radius 1 is 1.12 bits per heavy atom. The maximum absolute atomic E-state index is 11.3. The third-order valence-electron chi connectivity index (χ3n) is 4.72. The van der Waals surface area contributed by atoms with Gasteiger partial charge < -0.3 is 15.5 Å². The summed E-state index contributed by atoms with van der Waals surface area (Å²) in [6.07, 6.45) is 6.84. The molecular weight excluding hydrogens is 225 g/mol. The molecule has 4 nitrogen and oxygen atoms in total. The molecule has 0 spiro atoms. The molecule has 2 rings (SSSR count). The summed E-state index contributed by atoms with van der Waals surface area (Å²) in [6, 6.07) is 0. The van der Waals surface area contributed by atoms with E-state index < -0.39 is 7.60 Å². The first-order valence-corrected chi connectivity index (χ1v) is 8.02. The van der Waals surface area contributed by atoms with Crippen molar-refractivity contribution in [1.29, 1.82) is 0 Å². The summed E-state index contributed by atoms with van der Waals surface area (Å²) < 4.78 is 11.3. The summed E-state index contributed by atoms with van der Waals surface area (Å²) in [6.45, 7) is 0.438. The van der Waals surface area contributed by atoms with E-state index in [0.29, 0.717) is 18.4 Å². The summed E-state index contributed by atoms with van der Waals surface area (Å²) in [7, 11) is -3.95. The molecule has 0 heterocycles. The van der Waals surface area contributed by atoms with Gasteiger partial charge in [0, 0.05) is 0 Å². The van der Waals surface area contributed by atoms with Crippen LogP contribution in [0.1, 0.15) is 38.5 Å². The molecule has 5 heteroatoms. The first-order valence-electron chi connectivity index (χ1n) is 6.22. The average Bonchev–Trinajstić information content (AvgIpc) is 2.14. The van der Waals surface area contributed by atoms with Crippen LogP contribution in [0.3, 0.4) is 0 Å². The lowest BCUT2D eigenvalue weighted by Gasteiger charge is -2.53. The van der Waals surface area contributed by atoms with E-state index in [0.717, 1.165) is 25.7 Å². The first kappa shape index (κ1) is 12.6. The summed E-state index contributed by atoms with van der Waals surface area (Å²) in [5.41, 5.74) is 5.62. The van der Waals surface area contributed by atoms with Crippen LogP contribution in [0.5, 0.6) is 0 Å². The molecule has 2 aliphatic rings. The molecule has 0 aromatic rings. The first-order chi connectivity index (χ1) is 7.48. The van der Waals surface area contributed by atoms with E-state index in [9.17, 15) is 14.4 Å². The van der Waals surface area contributed by atoms with Gasteiger partial charge >= 0.3 is 7.60 Å². The van der Waals surface area contributed by atoms with Gasteiger partial charge in [-0.3, -0.25) is 4.57 Å². The van der Waals surface area contributed by atoms with E-state index in [1.165, 1.54) is 12.8 Å². The normalized spacial score (nSPS) is 39.7. The van der Waals surface area contributed by atoms with Crippen LogP contribution in [0.25, 0.3) is 0 Å². The molecular formula is C11H22NO3P. The van der Waals surface area contributed by atoms with Gasteiger partial charge in [-0.1, -0.05) is 12.8 Å². The molecule has 2 saturated carbocycles. The summed E-state index contributed by atoms with van der Waals surface area (Å²) >= 11 is 0. The van der Waals surface area contributed by atoms with E-state index in [2.05, 4.69) is 0 Å². The number of rotatable bonds is 3. The third kappa shape index (κ3) is 2.21. The van der Waals surface area contributed by atoms with Crippen LogP contribution in [-0.4, -0.2) is 22.5 Å². The maximum atomic E-state index is 11.3. The summed E-state index contributed by atoms with van der Waals surface area (Å²) in [5.74, 6) is 0.884. The minimum atomic E-state index is -3.95. The molecule has 0 saturated heterocycles. The van der Waals surface area contributed by atoms with Gasteiger partial charge in [0.2, 0.25) is 0 Å². The van der Waals surface area contributed by atoms with E-state index in [-0.39, 0.29) is 11.6 Å². The van der Waals surface area contributed by atoms with Crippen molar-refractivity contribution in [1.82, 2.24) is 0 Å². The molecule has 0 radical (unpaired) electrons. The van der Waals surface area contributed by atoms with Crippen LogP contribution in [0.4, 0.5) is 0 Å². The molecule has 2 fully saturated rings. The van der Waals surface area contributed by atoms with Gasteiger partial charge in [0.25, 0.3) is 0 Å². The van der Waals surface area contributed by atoms with Crippen molar-refractivity contribution in [2.75, 3.05) is 12.7 Å². The highest BCUT2D eigenvalue weighted by atomic mass is 31.2. The van der Waals surface area contributed by atoms with Crippen molar-refractivity contribution in [3.05, 3.63) is 0 Å². The highest BCUT2D eigenvalue weighted by Crippen LogP contribution is 2.58. The Labute approximate surface area is 96.8 Å². The zero-order valence-corrected chi connectivity index (χ0v) is 10.5. The second-order valence-electron chi connectivity index (χ2n) is 5.52. The minimum absolute atomic E-state index is 0.00579. The van der Waals surface area contributed by atoms with Gasteiger partial charge in [0.05, 0.1) is 6.16 Å². The smallest absolute Gasteiger partial charge is 0.326 e. The van der Waals surface area contributed by atoms with Gasteiger partial charge in [-0.15, -0.1) is 0 Å². The highest BCUT2D eigenvalue weighted by Gasteiger charge is 2.51. The monoisotopic (exact) mass is 247 g/mol. The average molecular weight is 247 g/mol. The topological polar surface area (TPSA) is 83.6 Å². The Kier molecular flexibility index (Phi) is 3.47. The molecule has 0 aromatic heterocycles. The Balaban J connectivity index is 2.26. The maximum Gasteiger partial charge on any atom is 0.326 e. The van der Waals surface area contributed by atoms with Crippen LogP contribution in [-0.2, 0) is 4.57 Å². The fourth-order valence-electron chi connectivity index (χ4n) is 4.03. The zero-order chi connectivity index (χ0) is 11.8. The molecule has 0 amide bonds. The van der Waals surface area contributed by atoms with Crippen LogP contribution < -0.4 is 5.73 Å². The second-order valence-corrected chi connectivity index (χ2v) is 7.16. The van der Waals surface area contributed by atoms with Gasteiger partial charge in [0.1, 0.15) is 0 Å². The van der Waals surface area contributed by atoms with E-state index in [1.54, 1.807) is 0 Å². The molecule has 94 valence electrons. The standard InChI is InChI=1S/C11H22NO3P/c12-7-11(8-16(13,14)15)9-3-1-4-10(11)6-2-5-9/h9-10H,1-8,12H2,(H2,13,14,15). The van der Waals surface area contributed by atoms with Crippen LogP contribution >= 0.6 is 7.60 Å². The Hall–Kier alpha value is 0.110. The van der Waals surface area contributed by atoms with Gasteiger partial charge in [-0.05, 0) is 49.5 Å². The van der Waals surface area contributed by atoms with Crippen molar-refractivity contribution in [2.45, 2.75) is 38.5 Å². The lowest BCUT2D eigenvalue weighted by atomic mass is 9.55. The van der Waals surface area contributed by atoms with Crippen LogP contribution in [0.2, 0.25) is 0 Å². The summed E-state index contributed by atoms with van der Waals surface area (Å²) in [5, 5.41) is 0. The number of nitrogens with two attached hydrogens (primary N) is 1. The number of hydrogen-bond donors (Lipinski definition) is 3. The molecule has 0 aromatic carbocycles. The van der Waals surface area contributed by atoms with E-state index >= 15 is 0 Å². The quantitative estimate of drug-likeness (QED) is 0.663. The number of fused-ring (bicyclic) bond motifs is 2. The molecule has 2 aliphatic carbocycles. The SMILES string of the molecule is NCC1(CP(=O)(O)O)C2CCCC1CCC2. The van der Waals surface area contributed by atoms with Crippen LogP contribution in [0.15, 0.2) is 0 Å². The van der Waals surface area contributed by atoms with Crippen molar-refractivity contribution < 1.29 is 14.4 Å². The molecule has 0 atom stereocenters. The van der Waals surface area contributed by atoms with Crippen molar-refractivity contribution in [3.8, 4) is 0 Å². The van der Waals surface area contributed by atoms with E-state index in [4.69, 9.17) is 5.73 Å². The van der Waals surface area contributed by atoms with Gasteiger partial charge in [-0.2, -0.15) is 0 Å². The molecule has 0 aliphatic heterocycles. The van der Waals surface area contributed by atoms with Crippen molar-refractivity contribution in [2.24, 2.45) is 23.0 Å². The van der Waals surface area contributed by atoms with E-state index in [1.807, 2.05) is 0 Å². The molecule has 16 heavy (non-hydrogen) atoms. The molecule has 0 unspecified atom stereocenters. The molecule has 4 N–H and O–H groups in total. The van der Waals surface area contributed by atoms with Crippen molar-refractivity contribution in [3.63, 3.8) is 0 Å².